The van der Waals surface area contributed by atoms with E-state index < -0.39 is 0 Å². The molecule has 5 nitrogen and oxygen atoms in total. The maximum atomic E-state index is 12.6. The SMILES string of the molecule is Cc1cc(NC(=O)c2cc3cc(CCl)ccc3[nH]2)ccc1SCCNC=O. The normalized spacial score (nSPS) is 10.7. The van der Waals surface area contributed by atoms with Gasteiger partial charge in [0.05, 0.1) is 0 Å². The highest BCUT2D eigenvalue weighted by atomic mass is 35.5. The number of aryl methyl sites for hydroxylation is 1. The zero-order chi connectivity index (χ0) is 19.2. The number of aromatic amines is 1. The van der Waals surface area contributed by atoms with Gasteiger partial charge in [0.25, 0.3) is 5.91 Å². The van der Waals surface area contributed by atoms with Crippen molar-refractivity contribution in [1.82, 2.24) is 10.3 Å². The molecule has 2 aromatic carbocycles. The van der Waals surface area contributed by atoms with Gasteiger partial charge in [0, 0.05) is 39.7 Å². The van der Waals surface area contributed by atoms with Crippen molar-refractivity contribution in [3.63, 3.8) is 0 Å². The highest BCUT2D eigenvalue weighted by molar-refractivity contribution is 7.99. The highest BCUT2D eigenvalue weighted by Gasteiger charge is 2.11. The van der Waals surface area contributed by atoms with E-state index in [4.69, 9.17) is 11.6 Å². The van der Waals surface area contributed by atoms with Crippen molar-refractivity contribution < 1.29 is 9.59 Å². The molecule has 0 radical (unpaired) electrons. The van der Waals surface area contributed by atoms with Crippen LogP contribution in [-0.4, -0.2) is 29.6 Å². The Morgan fingerprint density at radius 2 is 2.07 bits per heavy atom. The summed E-state index contributed by atoms with van der Waals surface area (Å²) in [5.74, 6) is 1.05. The van der Waals surface area contributed by atoms with E-state index in [-0.39, 0.29) is 5.91 Å². The molecular formula is C20H20ClN3O2S. The fraction of sp³-hybridized carbons (Fsp3) is 0.200. The van der Waals surface area contributed by atoms with E-state index in [9.17, 15) is 9.59 Å². The quantitative estimate of drug-likeness (QED) is 0.228. The van der Waals surface area contributed by atoms with E-state index in [0.29, 0.717) is 24.5 Å². The number of H-pyrrole nitrogens is 1. The van der Waals surface area contributed by atoms with Gasteiger partial charge in [0.1, 0.15) is 5.69 Å². The number of benzene rings is 2. The third kappa shape index (κ3) is 4.84. The predicted molar refractivity (Wildman–Crippen MR) is 112 cm³/mol. The number of halogens is 1. The van der Waals surface area contributed by atoms with Crippen molar-refractivity contribution in [3.8, 4) is 0 Å². The molecule has 0 bridgehead atoms. The number of hydrogen-bond acceptors (Lipinski definition) is 3. The van der Waals surface area contributed by atoms with Gasteiger partial charge in [-0.25, -0.2) is 0 Å². The molecule has 1 heterocycles. The number of thioether (sulfide) groups is 1. The highest BCUT2D eigenvalue weighted by Crippen LogP contribution is 2.25. The van der Waals surface area contributed by atoms with Crippen LogP contribution in [0, 0.1) is 6.92 Å². The van der Waals surface area contributed by atoms with E-state index in [1.54, 1.807) is 11.8 Å². The Balaban J connectivity index is 1.68. The molecule has 0 fully saturated rings. The number of hydrogen-bond donors (Lipinski definition) is 3. The number of anilines is 1. The molecule has 27 heavy (non-hydrogen) atoms. The predicted octanol–water partition coefficient (Wildman–Crippen LogP) is 4.31. The second kappa shape index (κ2) is 8.97. The zero-order valence-corrected chi connectivity index (χ0v) is 16.4. The summed E-state index contributed by atoms with van der Waals surface area (Å²) in [6.07, 6.45) is 0.701. The number of amides is 2. The summed E-state index contributed by atoms with van der Waals surface area (Å²) in [6, 6.07) is 13.5. The molecule has 0 aliphatic rings. The molecule has 0 saturated carbocycles. The first-order valence-electron chi connectivity index (χ1n) is 8.50. The van der Waals surface area contributed by atoms with Gasteiger partial charge in [-0.05, 0) is 54.4 Å². The Bertz CT molecular complexity index is 971. The van der Waals surface area contributed by atoms with Gasteiger partial charge in [-0.1, -0.05) is 6.07 Å². The molecule has 0 aliphatic carbocycles. The molecule has 2 amide bonds. The van der Waals surface area contributed by atoms with E-state index in [2.05, 4.69) is 15.6 Å². The van der Waals surface area contributed by atoms with Gasteiger partial charge in [-0.15, -0.1) is 23.4 Å². The number of aromatic nitrogens is 1. The van der Waals surface area contributed by atoms with E-state index in [0.717, 1.165) is 38.4 Å². The van der Waals surface area contributed by atoms with Crippen LogP contribution < -0.4 is 10.6 Å². The van der Waals surface area contributed by atoms with Crippen molar-refractivity contribution >= 4 is 52.3 Å². The Kier molecular flexibility index (Phi) is 6.42. The number of carbonyl (C=O) groups excluding carboxylic acids is 2. The lowest BCUT2D eigenvalue weighted by atomic mass is 10.2. The Hall–Kier alpha value is -2.44. The number of alkyl halides is 1. The van der Waals surface area contributed by atoms with Crippen LogP contribution >= 0.6 is 23.4 Å². The molecule has 1 aromatic heterocycles. The van der Waals surface area contributed by atoms with Crippen molar-refractivity contribution in [2.75, 3.05) is 17.6 Å². The number of fused-ring (bicyclic) bond motifs is 1. The molecule has 3 N–H and O–H groups in total. The fourth-order valence-electron chi connectivity index (χ4n) is 2.75. The van der Waals surface area contributed by atoms with Crippen LogP contribution in [0.2, 0.25) is 0 Å². The second-order valence-corrected chi connectivity index (χ2v) is 7.50. The molecule has 0 aliphatic heterocycles. The molecular weight excluding hydrogens is 382 g/mol. The van der Waals surface area contributed by atoms with Crippen LogP contribution in [0.25, 0.3) is 10.9 Å². The van der Waals surface area contributed by atoms with E-state index >= 15 is 0 Å². The maximum Gasteiger partial charge on any atom is 0.272 e. The lowest BCUT2D eigenvalue weighted by molar-refractivity contribution is -0.109. The topological polar surface area (TPSA) is 74.0 Å². The van der Waals surface area contributed by atoms with E-state index in [1.807, 2.05) is 49.4 Å². The maximum absolute atomic E-state index is 12.6. The van der Waals surface area contributed by atoms with Crippen LogP contribution in [0.15, 0.2) is 47.4 Å². The summed E-state index contributed by atoms with van der Waals surface area (Å²) < 4.78 is 0. The summed E-state index contributed by atoms with van der Waals surface area (Å²) in [5, 5.41) is 6.53. The van der Waals surface area contributed by atoms with Crippen molar-refractivity contribution in [2.45, 2.75) is 17.7 Å². The second-order valence-electron chi connectivity index (χ2n) is 6.09. The largest absolute Gasteiger partial charge is 0.358 e. The minimum Gasteiger partial charge on any atom is -0.358 e. The molecule has 0 unspecified atom stereocenters. The van der Waals surface area contributed by atoms with Gasteiger partial charge in [0.2, 0.25) is 6.41 Å². The lowest BCUT2D eigenvalue weighted by Gasteiger charge is -2.09. The minimum absolute atomic E-state index is 0.186. The van der Waals surface area contributed by atoms with Gasteiger partial charge in [-0.3, -0.25) is 9.59 Å². The fourth-order valence-corrected chi connectivity index (χ4v) is 3.81. The zero-order valence-electron chi connectivity index (χ0n) is 14.8. The van der Waals surface area contributed by atoms with Crippen LogP contribution in [0.1, 0.15) is 21.6 Å². The average molecular weight is 402 g/mol. The standard InChI is InChI=1S/C20H20ClN3O2S/c1-13-8-16(3-5-19(13)27-7-6-22-12-25)23-20(26)18-10-15-9-14(11-21)2-4-17(15)24-18/h2-5,8-10,12,24H,6-7,11H2,1H3,(H,22,25)(H,23,26). The molecule has 3 aromatic rings. The average Bonchev–Trinajstić information content (AvgIpc) is 3.10. The van der Waals surface area contributed by atoms with Crippen LogP contribution in [-0.2, 0) is 10.7 Å². The summed E-state index contributed by atoms with van der Waals surface area (Å²) in [4.78, 5) is 27.1. The van der Waals surface area contributed by atoms with Crippen LogP contribution in [0.4, 0.5) is 5.69 Å². The number of carbonyl (C=O) groups is 2. The third-order valence-corrected chi connectivity index (χ3v) is 5.59. The lowest BCUT2D eigenvalue weighted by Crippen LogP contribution is -2.14. The smallest absolute Gasteiger partial charge is 0.272 e. The monoisotopic (exact) mass is 401 g/mol. The Labute approximate surface area is 166 Å². The molecule has 0 atom stereocenters. The van der Waals surface area contributed by atoms with Gasteiger partial charge < -0.3 is 15.6 Å². The van der Waals surface area contributed by atoms with Crippen LogP contribution in [0.3, 0.4) is 0 Å². The van der Waals surface area contributed by atoms with Crippen molar-refractivity contribution in [2.24, 2.45) is 0 Å². The summed E-state index contributed by atoms with van der Waals surface area (Å²) >= 11 is 7.54. The molecule has 0 saturated heterocycles. The van der Waals surface area contributed by atoms with Crippen molar-refractivity contribution in [3.05, 3.63) is 59.3 Å². The number of rotatable bonds is 8. The first-order chi connectivity index (χ1) is 13.1. The Morgan fingerprint density at radius 1 is 1.22 bits per heavy atom. The van der Waals surface area contributed by atoms with Gasteiger partial charge in [0.15, 0.2) is 0 Å². The summed E-state index contributed by atoms with van der Waals surface area (Å²) in [7, 11) is 0. The first kappa shape index (κ1) is 19.3. The van der Waals surface area contributed by atoms with Gasteiger partial charge in [-0.2, -0.15) is 0 Å². The minimum atomic E-state index is -0.186. The summed E-state index contributed by atoms with van der Waals surface area (Å²) in [6.45, 7) is 2.62. The summed E-state index contributed by atoms with van der Waals surface area (Å²) in [5.41, 5.74) is 4.25. The molecule has 0 spiro atoms. The first-order valence-corrected chi connectivity index (χ1v) is 10.0. The number of nitrogens with one attached hydrogen (secondary N) is 3. The van der Waals surface area contributed by atoms with Gasteiger partial charge >= 0.3 is 0 Å². The van der Waals surface area contributed by atoms with E-state index in [1.165, 1.54) is 0 Å². The molecule has 3 rings (SSSR count). The van der Waals surface area contributed by atoms with Crippen molar-refractivity contribution in [1.29, 1.82) is 0 Å². The Morgan fingerprint density at radius 3 is 2.81 bits per heavy atom. The third-order valence-electron chi connectivity index (χ3n) is 4.10. The van der Waals surface area contributed by atoms with Crippen LogP contribution in [0.5, 0.6) is 0 Å². The molecule has 140 valence electrons. The molecule has 7 heteroatoms.